The third-order valence-corrected chi connectivity index (χ3v) is 4.38. The standard InChI is InChI=1S/C20H25N3O2/c1-2-25-19-10-8-17(9-11-19)22-20(24)21-14-16-12-13-23(15-16)18-6-4-3-5-7-18/h3-11,16H,2,12-15H2,1H3,(H2,21,22,24). The van der Waals surface area contributed by atoms with E-state index in [1.807, 2.05) is 37.3 Å². The monoisotopic (exact) mass is 339 g/mol. The highest BCUT2D eigenvalue weighted by atomic mass is 16.5. The van der Waals surface area contributed by atoms with E-state index in [9.17, 15) is 4.79 Å². The largest absolute Gasteiger partial charge is 0.494 e. The molecule has 0 aliphatic carbocycles. The Morgan fingerprint density at radius 2 is 1.92 bits per heavy atom. The molecule has 2 aromatic rings. The number of hydrogen-bond acceptors (Lipinski definition) is 3. The first-order valence-corrected chi connectivity index (χ1v) is 8.82. The lowest BCUT2D eigenvalue weighted by Gasteiger charge is -2.18. The second-order valence-electron chi connectivity index (χ2n) is 6.23. The van der Waals surface area contributed by atoms with Crippen LogP contribution in [0.5, 0.6) is 5.75 Å². The molecule has 1 heterocycles. The number of nitrogens with zero attached hydrogens (tertiary/aromatic N) is 1. The van der Waals surface area contributed by atoms with Crippen LogP contribution in [0.1, 0.15) is 13.3 Å². The summed E-state index contributed by atoms with van der Waals surface area (Å²) in [7, 11) is 0. The van der Waals surface area contributed by atoms with E-state index >= 15 is 0 Å². The number of carbonyl (C=O) groups excluding carboxylic acids is 1. The number of urea groups is 1. The van der Waals surface area contributed by atoms with E-state index in [4.69, 9.17) is 4.74 Å². The molecule has 0 radical (unpaired) electrons. The molecule has 0 bridgehead atoms. The molecule has 1 atom stereocenters. The second-order valence-corrected chi connectivity index (χ2v) is 6.23. The highest BCUT2D eigenvalue weighted by Gasteiger charge is 2.22. The molecule has 5 heteroatoms. The van der Waals surface area contributed by atoms with Gasteiger partial charge in [0.1, 0.15) is 5.75 Å². The number of rotatable bonds is 6. The number of ether oxygens (including phenoxy) is 1. The molecule has 1 aliphatic rings. The Hall–Kier alpha value is -2.69. The van der Waals surface area contributed by atoms with Gasteiger partial charge < -0.3 is 20.3 Å². The fourth-order valence-electron chi connectivity index (χ4n) is 3.09. The van der Waals surface area contributed by atoms with E-state index in [0.29, 0.717) is 19.1 Å². The molecule has 0 spiro atoms. The van der Waals surface area contributed by atoms with Crippen molar-refractivity contribution in [3.63, 3.8) is 0 Å². The van der Waals surface area contributed by atoms with Crippen LogP contribution in [0.4, 0.5) is 16.2 Å². The summed E-state index contributed by atoms with van der Waals surface area (Å²) in [5.74, 6) is 1.28. The van der Waals surface area contributed by atoms with E-state index in [-0.39, 0.29) is 6.03 Å². The Morgan fingerprint density at radius 1 is 1.16 bits per heavy atom. The van der Waals surface area contributed by atoms with E-state index in [0.717, 1.165) is 30.9 Å². The van der Waals surface area contributed by atoms with Gasteiger partial charge in [-0.05, 0) is 55.7 Å². The average Bonchev–Trinajstić information content (AvgIpc) is 3.12. The lowest BCUT2D eigenvalue weighted by molar-refractivity contribution is 0.250. The number of para-hydroxylation sites is 1. The molecule has 1 unspecified atom stereocenters. The number of amides is 2. The normalized spacial score (nSPS) is 16.5. The number of carbonyl (C=O) groups is 1. The molecule has 1 saturated heterocycles. The van der Waals surface area contributed by atoms with Crippen molar-refractivity contribution in [3.05, 3.63) is 54.6 Å². The number of nitrogens with one attached hydrogen (secondary N) is 2. The highest BCUT2D eigenvalue weighted by Crippen LogP contribution is 2.23. The van der Waals surface area contributed by atoms with Gasteiger partial charge in [0.15, 0.2) is 0 Å². The minimum atomic E-state index is -0.165. The summed E-state index contributed by atoms with van der Waals surface area (Å²) in [5.41, 5.74) is 2.02. The average molecular weight is 339 g/mol. The lowest BCUT2D eigenvalue weighted by Crippen LogP contribution is -2.34. The van der Waals surface area contributed by atoms with Gasteiger partial charge in [-0.3, -0.25) is 0 Å². The van der Waals surface area contributed by atoms with Crippen molar-refractivity contribution in [1.82, 2.24) is 5.32 Å². The number of anilines is 2. The van der Waals surface area contributed by atoms with Crippen LogP contribution in [0.3, 0.4) is 0 Å². The van der Waals surface area contributed by atoms with Crippen LogP contribution in [-0.2, 0) is 0 Å². The third-order valence-electron chi connectivity index (χ3n) is 4.38. The Balaban J connectivity index is 1.42. The van der Waals surface area contributed by atoms with Gasteiger partial charge in [-0.1, -0.05) is 18.2 Å². The van der Waals surface area contributed by atoms with Crippen LogP contribution < -0.4 is 20.3 Å². The molecule has 0 saturated carbocycles. The van der Waals surface area contributed by atoms with Crippen molar-refractivity contribution in [3.8, 4) is 5.75 Å². The minimum Gasteiger partial charge on any atom is -0.494 e. The highest BCUT2D eigenvalue weighted by molar-refractivity contribution is 5.89. The molecule has 1 aliphatic heterocycles. The molecular weight excluding hydrogens is 314 g/mol. The third kappa shape index (κ3) is 4.89. The first-order chi connectivity index (χ1) is 12.2. The van der Waals surface area contributed by atoms with Crippen LogP contribution in [0.15, 0.2) is 54.6 Å². The molecular formula is C20H25N3O2. The predicted molar refractivity (Wildman–Crippen MR) is 101 cm³/mol. The zero-order valence-electron chi connectivity index (χ0n) is 14.6. The van der Waals surface area contributed by atoms with Crippen LogP contribution in [0.2, 0.25) is 0 Å². The van der Waals surface area contributed by atoms with Gasteiger partial charge in [-0.15, -0.1) is 0 Å². The van der Waals surface area contributed by atoms with Crippen LogP contribution in [0.25, 0.3) is 0 Å². The zero-order chi connectivity index (χ0) is 17.5. The van der Waals surface area contributed by atoms with E-state index in [2.05, 4.69) is 39.8 Å². The van der Waals surface area contributed by atoms with E-state index < -0.39 is 0 Å². The van der Waals surface area contributed by atoms with Gasteiger partial charge in [0, 0.05) is 31.0 Å². The maximum Gasteiger partial charge on any atom is 0.319 e. The summed E-state index contributed by atoms with van der Waals surface area (Å²) in [5, 5.41) is 5.84. The molecule has 2 aromatic carbocycles. The maximum atomic E-state index is 12.1. The van der Waals surface area contributed by atoms with Gasteiger partial charge >= 0.3 is 6.03 Å². The number of hydrogen-bond donors (Lipinski definition) is 2. The van der Waals surface area contributed by atoms with Gasteiger partial charge in [0.25, 0.3) is 0 Å². The lowest BCUT2D eigenvalue weighted by atomic mass is 10.1. The van der Waals surface area contributed by atoms with E-state index in [1.165, 1.54) is 5.69 Å². The van der Waals surface area contributed by atoms with Crippen molar-refractivity contribution in [1.29, 1.82) is 0 Å². The Bertz CT molecular complexity index is 673. The Labute approximate surface area is 149 Å². The van der Waals surface area contributed by atoms with Gasteiger partial charge in [-0.25, -0.2) is 4.79 Å². The maximum absolute atomic E-state index is 12.1. The first kappa shape index (κ1) is 17.1. The number of benzene rings is 2. The topological polar surface area (TPSA) is 53.6 Å². The molecule has 132 valence electrons. The van der Waals surface area contributed by atoms with Crippen molar-refractivity contribution in [2.75, 3.05) is 36.5 Å². The summed E-state index contributed by atoms with van der Waals surface area (Å²) >= 11 is 0. The van der Waals surface area contributed by atoms with Crippen LogP contribution in [0, 0.1) is 5.92 Å². The summed E-state index contributed by atoms with van der Waals surface area (Å²) in [6.07, 6.45) is 1.10. The Morgan fingerprint density at radius 3 is 2.64 bits per heavy atom. The summed E-state index contributed by atoms with van der Waals surface area (Å²) in [4.78, 5) is 14.4. The fraction of sp³-hybridized carbons (Fsp3) is 0.350. The summed E-state index contributed by atoms with van der Waals surface area (Å²) in [6.45, 7) is 5.28. The zero-order valence-corrected chi connectivity index (χ0v) is 14.6. The molecule has 5 nitrogen and oxygen atoms in total. The smallest absolute Gasteiger partial charge is 0.319 e. The van der Waals surface area contributed by atoms with Crippen molar-refractivity contribution >= 4 is 17.4 Å². The molecule has 2 N–H and O–H groups in total. The minimum absolute atomic E-state index is 0.165. The van der Waals surface area contributed by atoms with Crippen molar-refractivity contribution in [2.45, 2.75) is 13.3 Å². The Kier molecular flexibility index (Phi) is 5.77. The van der Waals surface area contributed by atoms with Gasteiger partial charge in [-0.2, -0.15) is 0 Å². The van der Waals surface area contributed by atoms with E-state index in [1.54, 1.807) is 0 Å². The quantitative estimate of drug-likeness (QED) is 0.843. The SMILES string of the molecule is CCOc1ccc(NC(=O)NCC2CCN(c3ccccc3)C2)cc1. The second kappa shape index (κ2) is 8.42. The van der Waals surface area contributed by atoms with Crippen LogP contribution in [-0.4, -0.2) is 32.3 Å². The predicted octanol–water partition coefficient (Wildman–Crippen LogP) is 3.73. The molecule has 1 fully saturated rings. The summed E-state index contributed by atoms with van der Waals surface area (Å²) in [6, 6.07) is 17.7. The van der Waals surface area contributed by atoms with Crippen molar-refractivity contribution in [2.24, 2.45) is 5.92 Å². The first-order valence-electron chi connectivity index (χ1n) is 8.82. The van der Waals surface area contributed by atoms with Crippen molar-refractivity contribution < 1.29 is 9.53 Å². The summed E-state index contributed by atoms with van der Waals surface area (Å²) < 4.78 is 5.39. The van der Waals surface area contributed by atoms with Gasteiger partial charge in [0.2, 0.25) is 0 Å². The molecule has 25 heavy (non-hydrogen) atoms. The van der Waals surface area contributed by atoms with Crippen LogP contribution >= 0.6 is 0 Å². The molecule has 3 rings (SSSR count). The van der Waals surface area contributed by atoms with Gasteiger partial charge in [0.05, 0.1) is 6.61 Å². The molecule has 2 amide bonds. The fourth-order valence-corrected chi connectivity index (χ4v) is 3.09. The molecule has 0 aromatic heterocycles.